The first-order valence-corrected chi connectivity index (χ1v) is 7.66. The third-order valence-electron chi connectivity index (χ3n) is 2.52. The number of carbonyl (C=O) groups excluding carboxylic acids is 1. The second-order valence-corrected chi connectivity index (χ2v) is 6.02. The summed E-state index contributed by atoms with van der Waals surface area (Å²) in [6.07, 6.45) is 0. The van der Waals surface area contributed by atoms with E-state index >= 15 is 0 Å². The van der Waals surface area contributed by atoms with Gasteiger partial charge in [-0.15, -0.1) is 11.8 Å². The maximum absolute atomic E-state index is 13.4. The first-order valence-electron chi connectivity index (χ1n) is 5.88. The van der Waals surface area contributed by atoms with Crippen LogP contribution < -0.4 is 11.1 Å². The van der Waals surface area contributed by atoms with Crippen LogP contribution >= 0.6 is 27.7 Å². The van der Waals surface area contributed by atoms with E-state index in [9.17, 15) is 13.6 Å². The molecule has 0 aliphatic heterocycles. The minimum absolute atomic E-state index is 0.0679. The van der Waals surface area contributed by atoms with Crippen LogP contribution in [0.25, 0.3) is 0 Å². The fraction of sp³-hybridized carbons (Fsp3) is 0.0714. The number of amides is 1. The van der Waals surface area contributed by atoms with Gasteiger partial charge in [-0.05, 0) is 46.3 Å². The van der Waals surface area contributed by atoms with E-state index in [1.54, 1.807) is 18.2 Å². The van der Waals surface area contributed by atoms with Gasteiger partial charge in [-0.1, -0.05) is 0 Å². The molecular weight excluding hydrogens is 362 g/mol. The number of nitrogens with two attached hydrogens (primary N) is 1. The Hall–Kier alpha value is -1.60. The zero-order valence-corrected chi connectivity index (χ0v) is 13.1. The SMILES string of the molecule is Nc1ccc(SCC(=O)Nc2cc(F)ccc2F)c(Br)c1. The zero-order chi connectivity index (χ0) is 15.4. The summed E-state index contributed by atoms with van der Waals surface area (Å²) in [6, 6.07) is 8.13. The van der Waals surface area contributed by atoms with E-state index in [1.807, 2.05) is 0 Å². The number of benzene rings is 2. The van der Waals surface area contributed by atoms with Gasteiger partial charge >= 0.3 is 0 Å². The number of halogens is 3. The Balaban J connectivity index is 1.97. The molecule has 0 spiro atoms. The lowest BCUT2D eigenvalue weighted by atomic mass is 10.3. The molecule has 0 atom stereocenters. The molecule has 0 aliphatic rings. The second-order valence-electron chi connectivity index (χ2n) is 4.15. The molecule has 0 radical (unpaired) electrons. The van der Waals surface area contributed by atoms with Crippen molar-refractivity contribution in [3.05, 3.63) is 52.5 Å². The molecule has 0 heterocycles. The topological polar surface area (TPSA) is 55.1 Å². The Morgan fingerprint density at radius 3 is 2.71 bits per heavy atom. The molecule has 3 nitrogen and oxygen atoms in total. The maximum Gasteiger partial charge on any atom is 0.234 e. The van der Waals surface area contributed by atoms with Gasteiger partial charge in [0.05, 0.1) is 11.4 Å². The Bertz CT molecular complexity index is 682. The Morgan fingerprint density at radius 1 is 1.24 bits per heavy atom. The van der Waals surface area contributed by atoms with Crippen molar-refractivity contribution < 1.29 is 13.6 Å². The molecule has 2 aromatic rings. The number of carbonyl (C=O) groups is 1. The van der Waals surface area contributed by atoms with E-state index in [0.717, 1.165) is 27.6 Å². The zero-order valence-electron chi connectivity index (χ0n) is 10.7. The van der Waals surface area contributed by atoms with Gasteiger partial charge in [0.15, 0.2) is 0 Å². The summed E-state index contributed by atoms with van der Waals surface area (Å²) in [6.45, 7) is 0. The highest BCUT2D eigenvalue weighted by Crippen LogP contribution is 2.29. The molecule has 0 bridgehead atoms. The number of thioether (sulfide) groups is 1. The van der Waals surface area contributed by atoms with Gasteiger partial charge in [-0.2, -0.15) is 0 Å². The molecule has 0 aliphatic carbocycles. The minimum Gasteiger partial charge on any atom is -0.399 e. The molecule has 110 valence electrons. The fourth-order valence-electron chi connectivity index (χ4n) is 1.56. The van der Waals surface area contributed by atoms with Crippen LogP contribution in [0.4, 0.5) is 20.2 Å². The first kappa shape index (κ1) is 15.8. The lowest BCUT2D eigenvalue weighted by Crippen LogP contribution is -2.15. The van der Waals surface area contributed by atoms with E-state index in [2.05, 4.69) is 21.2 Å². The molecule has 0 saturated heterocycles. The molecule has 0 aromatic heterocycles. The van der Waals surface area contributed by atoms with Crippen molar-refractivity contribution >= 4 is 45.0 Å². The monoisotopic (exact) mass is 372 g/mol. The molecular formula is C14H11BrF2N2OS. The molecule has 2 rings (SSSR count). The van der Waals surface area contributed by atoms with E-state index < -0.39 is 17.5 Å². The fourth-order valence-corrected chi connectivity index (χ4v) is 3.02. The van der Waals surface area contributed by atoms with Gasteiger partial charge in [-0.25, -0.2) is 8.78 Å². The molecule has 2 aromatic carbocycles. The maximum atomic E-state index is 13.4. The van der Waals surface area contributed by atoms with Gasteiger partial charge in [0.1, 0.15) is 11.6 Å². The van der Waals surface area contributed by atoms with Crippen LogP contribution in [0.3, 0.4) is 0 Å². The molecule has 1 amide bonds. The molecule has 0 fully saturated rings. The number of hydrogen-bond donors (Lipinski definition) is 2. The normalized spacial score (nSPS) is 10.4. The quantitative estimate of drug-likeness (QED) is 0.628. The van der Waals surface area contributed by atoms with Crippen LogP contribution in [0.1, 0.15) is 0 Å². The van der Waals surface area contributed by atoms with Gasteiger partial charge in [0.2, 0.25) is 5.91 Å². The van der Waals surface area contributed by atoms with Crippen LogP contribution in [0.2, 0.25) is 0 Å². The van der Waals surface area contributed by atoms with Crippen LogP contribution in [0, 0.1) is 11.6 Å². The van der Waals surface area contributed by atoms with Gasteiger partial charge in [0, 0.05) is 21.1 Å². The van der Waals surface area contributed by atoms with Crippen LogP contribution in [-0.4, -0.2) is 11.7 Å². The van der Waals surface area contributed by atoms with Gasteiger partial charge in [0.25, 0.3) is 0 Å². The summed E-state index contributed by atoms with van der Waals surface area (Å²) in [7, 11) is 0. The molecule has 3 N–H and O–H groups in total. The minimum atomic E-state index is -0.677. The molecule has 0 saturated carbocycles. The van der Waals surface area contributed by atoms with E-state index in [1.165, 1.54) is 11.8 Å². The number of nitrogens with one attached hydrogen (secondary N) is 1. The Morgan fingerprint density at radius 2 is 2.00 bits per heavy atom. The highest BCUT2D eigenvalue weighted by atomic mass is 79.9. The summed E-state index contributed by atoms with van der Waals surface area (Å²) in [5, 5.41) is 2.34. The van der Waals surface area contributed by atoms with Crippen LogP contribution in [0.15, 0.2) is 45.8 Å². The van der Waals surface area contributed by atoms with Crippen molar-refractivity contribution in [2.45, 2.75) is 4.90 Å². The number of hydrogen-bond acceptors (Lipinski definition) is 3. The summed E-state index contributed by atoms with van der Waals surface area (Å²) >= 11 is 4.61. The van der Waals surface area contributed by atoms with Crippen molar-refractivity contribution in [1.29, 1.82) is 0 Å². The highest BCUT2D eigenvalue weighted by molar-refractivity contribution is 9.10. The average molecular weight is 373 g/mol. The third-order valence-corrected chi connectivity index (χ3v) is 4.51. The first-order chi connectivity index (χ1) is 9.95. The van der Waals surface area contributed by atoms with Gasteiger partial charge in [-0.3, -0.25) is 4.79 Å². The van der Waals surface area contributed by atoms with E-state index in [4.69, 9.17) is 5.73 Å². The number of rotatable bonds is 4. The van der Waals surface area contributed by atoms with Crippen LogP contribution in [0.5, 0.6) is 0 Å². The van der Waals surface area contributed by atoms with Crippen molar-refractivity contribution in [1.82, 2.24) is 0 Å². The predicted octanol–water partition coefficient (Wildman–Crippen LogP) is 4.04. The summed E-state index contributed by atoms with van der Waals surface area (Å²) in [5.41, 5.74) is 6.06. The van der Waals surface area contributed by atoms with Crippen molar-refractivity contribution in [2.75, 3.05) is 16.8 Å². The Labute approximate surface area is 133 Å². The number of nitrogen functional groups attached to an aromatic ring is 1. The second kappa shape index (κ2) is 6.91. The van der Waals surface area contributed by atoms with Crippen LogP contribution in [-0.2, 0) is 4.79 Å². The van der Waals surface area contributed by atoms with E-state index in [0.29, 0.717) is 5.69 Å². The molecule has 0 unspecified atom stereocenters. The standard InChI is InChI=1S/C14H11BrF2N2OS/c15-10-6-9(18)2-4-13(10)21-7-14(20)19-12-5-8(16)1-3-11(12)17/h1-6H,7,18H2,(H,19,20). The summed E-state index contributed by atoms with van der Waals surface area (Å²) in [5.74, 6) is -1.64. The third kappa shape index (κ3) is 4.44. The number of anilines is 2. The van der Waals surface area contributed by atoms with Gasteiger partial charge < -0.3 is 11.1 Å². The summed E-state index contributed by atoms with van der Waals surface area (Å²) in [4.78, 5) is 12.6. The van der Waals surface area contributed by atoms with E-state index in [-0.39, 0.29) is 11.4 Å². The lowest BCUT2D eigenvalue weighted by molar-refractivity contribution is -0.113. The summed E-state index contributed by atoms with van der Waals surface area (Å²) < 4.78 is 27.2. The predicted molar refractivity (Wildman–Crippen MR) is 84.3 cm³/mol. The molecule has 7 heteroatoms. The van der Waals surface area contributed by atoms with Crippen molar-refractivity contribution in [3.63, 3.8) is 0 Å². The smallest absolute Gasteiger partial charge is 0.234 e. The van der Waals surface area contributed by atoms with Crippen molar-refractivity contribution in [3.8, 4) is 0 Å². The largest absolute Gasteiger partial charge is 0.399 e. The lowest BCUT2D eigenvalue weighted by Gasteiger charge is -2.08. The highest BCUT2D eigenvalue weighted by Gasteiger charge is 2.10. The van der Waals surface area contributed by atoms with Crippen molar-refractivity contribution in [2.24, 2.45) is 0 Å². The Kier molecular flexibility index (Phi) is 5.19. The molecule has 21 heavy (non-hydrogen) atoms. The average Bonchev–Trinajstić information content (AvgIpc) is 2.42.